The van der Waals surface area contributed by atoms with Crippen molar-refractivity contribution in [3.05, 3.63) is 35.4 Å². The lowest BCUT2D eigenvalue weighted by Gasteiger charge is -2.40. The molecular formula is C14H17NO. The van der Waals surface area contributed by atoms with E-state index in [2.05, 4.69) is 36.5 Å². The molecule has 3 rings (SSSR count). The predicted molar refractivity (Wildman–Crippen MR) is 63.2 cm³/mol. The molecule has 2 heteroatoms. The lowest BCUT2D eigenvalue weighted by Crippen LogP contribution is -2.40. The van der Waals surface area contributed by atoms with Gasteiger partial charge in [-0.05, 0) is 25.3 Å². The average molecular weight is 215 g/mol. The van der Waals surface area contributed by atoms with Crippen LogP contribution in [0.1, 0.15) is 36.3 Å². The number of carbonyl (C=O) groups excluding carboxylic acids is 1. The number of carbonyl (C=O) groups is 1. The number of benzene rings is 1. The normalized spacial score (nSPS) is 26.6. The summed E-state index contributed by atoms with van der Waals surface area (Å²) in [6.45, 7) is 2.93. The second kappa shape index (κ2) is 3.34. The van der Waals surface area contributed by atoms with Crippen LogP contribution in [0.15, 0.2) is 24.3 Å². The van der Waals surface area contributed by atoms with Gasteiger partial charge in [-0.15, -0.1) is 0 Å². The Kier molecular flexibility index (Phi) is 2.06. The minimum Gasteiger partial charge on any atom is -0.355 e. The lowest BCUT2D eigenvalue weighted by atomic mass is 9.60. The molecule has 2 aliphatic rings. The maximum absolute atomic E-state index is 11.9. The molecule has 1 aromatic carbocycles. The van der Waals surface area contributed by atoms with Crippen LogP contribution in [0.25, 0.3) is 0 Å². The average Bonchev–Trinajstić information content (AvgIpc) is 2.55. The number of nitrogens with one attached hydrogen (secondary N) is 1. The summed E-state index contributed by atoms with van der Waals surface area (Å²) in [6.07, 6.45) is 3.34. The zero-order valence-electron chi connectivity index (χ0n) is 9.62. The highest BCUT2D eigenvalue weighted by Crippen LogP contribution is 2.54. The van der Waals surface area contributed by atoms with Crippen molar-refractivity contribution < 1.29 is 4.79 Å². The molecule has 1 aliphatic heterocycles. The summed E-state index contributed by atoms with van der Waals surface area (Å²) in [5.41, 5.74) is 2.55. The molecule has 1 spiro atoms. The highest BCUT2D eigenvalue weighted by atomic mass is 16.2. The largest absolute Gasteiger partial charge is 0.355 e. The number of amides is 1. The molecule has 1 aliphatic carbocycles. The smallest absolute Gasteiger partial charge is 0.226 e. The number of hydrogen-bond donors (Lipinski definition) is 1. The lowest BCUT2D eigenvalue weighted by molar-refractivity contribution is -0.132. The van der Waals surface area contributed by atoms with Crippen molar-refractivity contribution in [2.75, 3.05) is 6.54 Å². The van der Waals surface area contributed by atoms with E-state index in [0.717, 1.165) is 19.4 Å². The molecule has 2 fully saturated rings. The van der Waals surface area contributed by atoms with Gasteiger partial charge >= 0.3 is 0 Å². The van der Waals surface area contributed by atoms with Crippen LogP contribution in [-0.4, -0.2) is 12.5 Å². The summed E-state index contributed by atoms with van der Waals surface area (Å²) in [5, 5.41) is 3.04. The Morgan fingerprint density at radius 1 is 1.38 bits per heavy atom. The maximum atomic E-state index is 11.9. The summed E-state index contributed by atoms with van der Waals surface area (Å²) in [7, 11) is 0. The third-order valence-corrected chi connectivity index (χ3v) is 4.28. The van der Waals surface area contributed by atoms with Gasteiger partial charge in [0, 0.05) is 12.5 Å². The Labute approximate surface area is 96.1 Å². The molecule has 1 atom stereocenters. The van der Waals surface area contributed by atoms with Crippen LogP contribution in [0.3, 0.4) is 0 Å². The Morgan fingerprint density at radius 2 is 2.19 bits per heavy atom. The van der Waals surface area contributed by atoms with Crippen LogP contribution < -0.4 is 5.32 Å². The third-order valence-electron chi connectivity index (χ3n) is 4.28. The molecule has 1 heterocycles. The highest BCUT2D eigenvalue weighted by Gasteiger charge is 2.54. The van der Waals surface area contributed by atoms with E-state index in [-0.39, 0.29) is 11.3 Å². The Morgan fingerprint density at radius 3 is 2.81 bits per heavy atom. The summed E-state index contributed by atoms with van der Waals surface area (Å²) in [6, 6.07) is 8.60. The van der Waals surface area contributed by atoms with E-state index in [1.54, 1.807) is 0 Å². The van der Waals surface area contributed by atoms with Crippen LogP contribution in [-0.2, 0) is 4.79 Å². The van der Waals surface area contributed by atoms with Crippen molar-refractivity contribution >= 4 is 5.91 Å². The molecule has 1 saturated carbocycles. The molecule has 84 valence electrons. The van der Waals surface area contributed by atoms with E-state index in [1.165, 1.54) is 17.5 Å². The van der Waals surface area contributed by atoms with Gasteiger partial charge in [-0.1, -0.05) is 36.2 Å². The molecule has 0 bridgehead atoms. The predicted octanol–water partition coefficient (Wildman–Crippen LogP) is 2.38. The number of rotatable bonds is 1. The fraction of sp³-hybridized carbons (Fsp3) is 0.500. The van der Waals surface area contributed by atoms with Gasteiger partial charge < -0.3 is 5.32 Å². The second-order valence-electron chi connectivity index (χ2n) is 5.19. The Bertz CT molecular complexity index is 434. The van der Waals surface area contributed by atoms with Gasteiger partial charge in [0.1, 0.15) is 0 Å². The van der Waals surface area contributed by atoms with Gasteiger partial charge in [-0.25, -0.2) is 0 Å². The van der Waals surface area contributed by atoms with Gasteiger partial charge in [-0.2, -0.15) is 0 Å². The van der Waals surface area contributed by atoms with Crippen molar-refractivity contribution in [1.29, 1.82) is 0 Å². The van der Waals surface area contributed by atoms with Crippen LogP contribution in [0, 0.1) is 12.3 Å². The van der Waals surface area contributed by atoms with Crippen LogP contribution in [0.2, 0.25) is 0 Å². The van der Waals surface area contributed by atoms with Gasteiger partial charge in [0.2, 0.25) is 5.91 Å². The van der Waals surface area contributed by atoms with Crippen molar-refractivity contribution in [1.82, 2.24) is 5.32 Å². The fourth-order valence-corrected chi connectivity index (χ4v) is 3.18. The molecule has 1 amide bonds. The van der Waals surface area contributed by atoms with Crippen molar-refractivity contribution in [2.45, 2.75) is 32.1 Å². The van der Waals surface area contributed by atoms with Gasteiger partial charge in [0.25, 0.3) is 0 Å². The van der Waals surface area contributed by atoms with Gasteiger partial charge in [0.05, 0.1) is 5.41 Å². The molecule has 1 aromatic rings. The summed E-state index contributed by atoms with van der Waals surface area (Å²) in [4.78, 5) is 11.9. The Hall–Kier alpha value is -1.31. The number of hydrogen-bond acceptors (Lipinski definition) is 1. The van der Waals surface area contributed by atoms with Crippen molar-refractivity contribution in [3.63, 3.8) is 0 Å². The van der Waals surface area contributed by atoms with E-state index >= 15 is 0 Å². The molecule has 1 N–H and O–H groups in total. The topological polar surface area (TPSA) is 29.1 Å². The third kappa shape index (κ3) is 1.22. The first-order valence-corrected chi connectivity index (χ1v) is 6.07. The molecule has 0 radical (unpaired) electrons. The molecular weight excluding hydrogens is 198 g/mol. The number of aryl methyl sites for hydroxylation is 1. The molecule has 16 heavy (non-hydrogen) atoms. The van der Waals surface area contributed by atoms with E-state index in [1.807, 2.05) is 0 Å². The molecule has 1 unspecified atom stereocenters. The fourth-order valence-electron chi connectivity index (χ4n) is 3.18. The summed E-state index contributed by atoms with van der Waals surface area (Å²) < 4.78 is 0. The van der Waals surface area contributed by atoms with Gasteiger partial charge in [-0.3, -0.25) is 4.79 Å². The molecule has 2 nitrogen and oxygen atoms in total. The van der Waals surface area contributed by atoms with Crippen LogP contribution in [0.5, 0.6) is 0 Å². The summed E-state index contributed by atoms with van der Waals surface area (Å²) in [5.74, 6) is 0.680. The van der Waals surface area contributed by atoms with Crippen LogP contribution in [0.4, 0.5) is 0 Å². The van der Waals surface area contributed by atoms with E-state index < -0.39 is 0 Å². The molecule has 0 aromatic heterocycles. The monoisotopic (exact) mass is 215 g/mol. The molecule has 1 saturated heterocycles. The van der Waals surface area contributed by atoms with E-state index in [4.69, 9.17) is 0 Å². The zero-order chi connectivity index (χ0) is 11.2. The quantitative estimate of drug-likeness (QED) is 0.765. The minimum atomic E-state index is -0.0617. The Balaban J connectivity index is 1.98. The first-order valence-electron chi connectivity index (χ1n) is 6.07. The first-order chi connectivity index (χ1) is 7.72. The van der Waals surface area contributed by atoms with Crippen molar-refractivity contribution in [2.24, 2.45) is 5.41 Å². The highest BCUT2D eigenvalue weighted by molar-refractivity contribution is 5.87. The second-order valence-corrected chi connectivity index (χ2v) is 5.19. The SMILES string of the molecule is Cc1cccc(C2CNC(=O)C23CCC3)c1. The minimum absolute atomic E-state index is 0.0617. The first kappa shape index (κ1) is 9.88. The standard InChI is InChI=1S/C14H17NO/c1-10-4-2-5-11(8-10)12-9-15-13(16)14(12)6-3-7-14/h2,4-5,8,12H,3,6-7,9H2,1H3,(H,15,16). The van der Waals surface area contributed by atoms with Gasteiger partial charge in [0.15, 0.2) is 0 Å². The van der Waals surface area contributed by atoms with Crippen LogP contribution >= 0.6 is 0 Å². The van der Waals surface area contributed by atoms with Crippen molar-refractivity contribution in [3.8, 4) is 0 Å². The summed E-state index contributed by atoms with van der Waals surface area (Å²) >= 11 is 0. The maximum Gasteiger partial charge on any atom is 0.226 e. The van der Waals surface area contributed by atoms with E-state index in [0.29, 0.717) is 5.92 Å². The van der Waals surface area contributed by atoms with E-state index in [9.17, 15) is 4.79 Å². The zero-order valence-corrected chi connectivity index (χ0v) is 9.62.